The average Bonchev–Trinajstić information content (AvgIpc) is 2.44. The molecule has 1 saturated heterocycles. The Morgan fingerprint density at radius 2 is 1.86 bits per heavy atom. The molecule has 0 radical (unpaired) electrons. The van der Waals surface area contributed by atoms with E-state index in [4.69, 9.17) is 0 Å². The van der Waals surface area contributed by atoms with Crippen LogP contribution in [0.4, 0.5) is 8.78 Å². The van der Waals surface area contributed by atoms with Crippen molar-refractivity contribution in [1.82, 2.24) is 4.31 Å². The molecule has 0 spiro atoms. The van der Waals surface area contributed by atoms with Gasteiger partial charge in [-0.25, -0.2) is 17.3 Å². The summed E-state index contributed by atoms with van der Waals surface area (Å²) in [7, 11) is -0.992. The Labute approximate surface area is 125 Å². The van der Waals surface area contributed by atoms with Crippen molar-refractivity contribution >= 4 is 17.3 Å². The summed E-state index contributed by atoms with van der Waals surface area (Å²) < 4.78 is 40.1. The van der Waals surface area contributed by atoms with Gasteiger partial charge >= 0.3 is 0 Å². The number of piperidine rings is 1. The summed E-state index contributed by atoms with van der Waals surface area (Å²) in [4.78, 5) is 10.9. The molecule has 1 aliphatic rings. The van der Waals surface area contributed by atoms with Gasteiger partial charge in [-0.3, -0.25) is 0 Å². The normalized spacial score (nSPS) is 20.1. The van der Waals surface area contributed by atoms with Crippen molar-refractivity contribution in [3.05, 3.63) is 35.4 Å². The SMILES string of the molecule is CS(=O)N1CCC(C(CC=O)c2cc(F)cc(F)c2)CC1. The van der Waals surface area contributed by atoms with Crippen molar-refractivity contribution in [1.29, 1.82) is 0 Å². The van der Waals surface area contributed by atoms with Crippen LogP contribution in [0.2, 0.25) is 0 Å². The Morgan fingerprint density at radius 1 is 1.29 bits per heavy atom. The summed E-state index contributed by atoms with van der Waals surface area (Å²) in [6.07, 6.45) is 4.25. The first-order chi connectivity index (χ1) is 10.0. The first-order valence-corrected chi connectivity index (χ1v) is 8.51. The van der Waals surface area contributed by atoms with E-state index in [-0.39, 0.29) is 18.3 Å². The first-order valence-electron chi connectivity index (χ1n) is 6.99. The number of rotatable bonds is 5. The van der Waals surface area contributed by atoms with E-state index in [1.807, 2.05) is 4.31 Å². The standard InChI is InChI=1S/C15H19F2NO2S/c1-21(20)18-5-2-11(3-6-18)15(4-7-19)12-8-13(16)10-14(17)9-12/h7-11,15H,2-6H2,1H3. The van der Waals surface area contributed by atoms with Crippen molar-refractivity contribution < 1.29 is 17.8 Å². The maximum atomic E-state index is 13.4. The van der Waals surface area contributed by atoms with E-state index in [1.165, 1.54) is 12.1 Å². The molecule has 0 bridgehead atoms. The van der Waals surface area contributed by atoms with Crippen LogP contribution in [0.3, 0.4) is 0 Å². The van der Waals surface area contributed by atoms with Gasteiger partial charge < -0.3 is 4.79 Å². The maximum absolute atomic E-state index is 13.4. The Balaban J connectivity index is 2.16. The molecule has 0 N–H and O–H groups in total. The molecule has 0 saturated carbocycles. The highest BCUT2D eigenvalue weighted by molar-refractivity contribution is 7.81. The monoisotopic (exact) mass is 315 g/mol. The number of carbonyl (C=O) groups is 1. The third-order valence-corrected chi connectivity index (χ3v) is 5.19. The smallest absolute Gasteiger partial charge is 0.126 e. The predicted octanol–water partition coefficient (Wildman–Crippen LogP) is 2.64. The molecular weight excluding hydrogens is 296 g/mol. The van der Waals surface area contributed by atoms with E-state index >= 15 is 0 Å². The van der Waals surface area contributed by atoms with Gasteiger partial charge in [0.25, 0.3) is 0 Å². The molecule has 1 fully saturated rings. The fourth-order valence-electron chi connectivity index (χ4n) is 3.03. The summed E-state index contributed by atoms with van der Waals surface area (Å²) in [5.74, 6) is -1.24. The molecule has 0 aliphatic carbocycles. The van der Waals surface area contributed by atoms with Gasteiger partial charge in [0.05, 0.1) is 11.0 Å². The molecule has 2 atom stereocenters. The summed E-state index contributed by atoms with van der Waals surface area (Å²) in [5, 5.41) is 0. The molecule has 2 rings (SSSR count). The summed E-state index contributed by atoms with van der Waals surface area (Å²) in [6, 6.07) is 3.45. The van der Waals surface area contributed by atoms with Crippen molar-refractivity contribution in [2.75, 3.05) is 19.3 Å². The Morgan fingerprint density at radius 3 is 2.33 bits per heavy atom. The second-order valence-corrected chi connectivity index (χ2v) is 6.77. The van der Waals surface area contributed by atoms with Crippen molar-refractivity contribution in [2.24, 2.45) is 5.92 Å². The third-order valence-electron chi connectivity index (χ3n) is 4.09. The Kier molecular flexibility index (Phi) is 5.58. The van der Waals surface area contributed by atoms with Gasteiger partial charge in [-0.05, 0) is 42.4 Å². The molecular formula is C15H19F2NO2S. The van der Waals surface area contributed by atoms with Crippen molar-refractivity contribution in [2.45, 2.75) is 25.2 Å². The molecule has 6 heteroatoms. The Bertz CT molecular complexity index is 510. The molecule has 116 valence electrons. The summed E-state index contributed by atoms with van der Waals surface area (Å²) in [5.41, 5.74) is 0.538. The highest BCUT2D eigenvalue weighted by Gasteiger charge is 2.29. The number of benzene rings is 1. The van der Waals surface area contributed by atoms with Crippen LogP contribution >= 0.6 is 0 Å². The number of carbonyl (C=O) groups excluding carboxylic acids is 1. The van der Waals surface area contributed by atoms with Gasteiger partial charge in [0.1, 0.15) is 17.9 Å². The van der Waals surface area contributed by atoms with Gasteiger partial charge in [0.15, 0.2) is 0 Å². The van der Waals surface area contributed by atoms with Crippen LogP contribution in [-0.2, 0) is 15.8 Å². The lowest BCUT2D eigenvalue weighted by Gasteiger charge is -2.34. The fourth-order valence-corrected chi connectivity index (χ4v) is 3.75. The second kappa shape index (κ2) is 7.22. The summed E-state index contributed by atoms with van der Waals surface area (Å²) in [6.45, 7) is 1.36. The molecule has 1 aromatic carbocycles. The fraction of sp³-hybridized carbons (Fsp3) is 0.533. The molecule has 0 aromatic heterocycles. The largest absolute Gasteiger partial charge is 0.303 e. The first kappa shape index (κ1) is 16.2. The topological polar surface area (TPSA) is 37.4 Å². The van der Waals surface area contributed by atoms with Gasteiger partial charge in [0.2, 0.25) is 0 Å². The van der Waals surface area contributed by atoms with Crippen LogP contribution in [0, 0.1) is 17.6 Å². The van der Waals surface area contributed by atoms with Crippen LogP contribution in [0.15, 0.2) is 18.2 Å². The molecule has 3 nitrogen and oxygen atoms in total. The third kappa shape index (κ3) is 4.17. The van der Waals surface area contributed by atoms with E-state index in [0.717, 1.165) is 25.2 Å². The zero-order valence-electron chi connectivity index (χ0n) is 11.9. The highest BCUT2D eigenvalue weighted by atomic mass is 32.2. The number of hydrogen-bond donors (Lipinski definition) is 0. The van der Waals surface area contributed by atoms with E-state index in [1.54, 1.807) is 6.26 Å². The van der Waals surface area contributed by atoms with Crippen LogP contribution in [0.5, 0.6) is 0 Å². The molecule has 21 heavy (non-hydrogen) atoms. The lowest BCUT2D eigenvalue weighted by Crippen LogP contribution is -2.36. The molecule has 1 aromatic rings. The molecule has 1 heterocycles. The predicted molar refractivity (Wildman–Crippen MR) is 78.1 cm³/mol. The minimum atomic E-state index is -0.992. The minimum absolute atomic E-state index is 0.177. The van der Waals surface area contributed by atoms with Crippen LogP contribution in [0.1, 0.15) is 30.7 Å². The molecule has 1 aliphatic heterocycles. The number of hydrogen-bond acceptors (Lipinski definition) is 2. The second-order valence-electron chi connectivity index (χ2n) is 5.40. The minimum Gasteiger partial charge on any atom is -0.303 e. The van der Waals surface area contributed by atoms with E-state index in [2.05, 4.69) is 0 Å². The number of nitrogens with zero attached hydrogens (tertiary/aromatic N) is 1. The van der Waals surface area contributed by atoms with Crippen LogP contribution in [0.25, 0.3) is 0 Å². The van der Waals surface area contributed by atoms with Gasteiger partial charge in [-0.2, -0.15) is 0 Å². The Hall–Kier alpha value is -1.14. The van der Waals surface area contributed by atoms with Crippen LogP contribution < -0.4 is 0 Å². The average molecular weight is 315 g/mol. The van der Waals surface area contributed by atoms with Crippen LogP contribution in [-0.4, -0.2) is 34.1 Å². The lowest BCUT2D eigenvalue weighted by molar-refractivity contribution is -0.108. The van der Waals surface area contributed by atoms with E-state index in [9.17, 15) is 17.8 Å². The lowest BCUT2D eigenvalue weighted by atomic mass is 9.79. The number of aldehydes is 1. The van der Waals surface area contributed by atoms with E-state index in [0.29, 0.717) is 18.7 Å². The quantitative estimate of drug-likeness (QED) is 0.783. The zero-order chi connectivity index (χ0) is 15.4. The molecule has 0 amide bonds. The zero-order valence-corrected chi connectivity index (χ0v) is 12.7. The maximum Gasteiger partial charge on any atom is 0.126 e. The summed E-state index contributed by atoms with van der Waals surface area (Å²) >= 11 is 0. The van der Waals surface area contributed by atoms with Crippen molar-refractivity contribution in [3.8, 4) is 0 Å². The highest BCUT2D eigenvalue weighted by Crippen LogP contribution is 2.35. The van der Waals surface area contributed by atoms with Gasteiger partial charge in [-0.1, -0.05) is 0 Å². The molecule has 2 unspecified atom stereocenters. The van der Waals surface area contributed by atoms with Gasteiger partial charge in [-0.15, -0.1) is 0 Å². The number of halogens is 2. The van der Waals surface area contributed by atoms with Gasteiger partial charge in [0, 0.05) is 31.8 Å². The van der Waals surface area contributed by atoms with Crippen molar-refractivity contribution in [3.63, 3.8) is 0 Å². The van der Waals surface area contributed by atoms with E-state index < -0.39 is 22.6 Å².